The Kier molecular flexibility index (Phi) is 19.0. The van der Waals surface area contributed by atoms with E-state index >= 15 is 0 Å². The molecule has 0 amide bonds. The van der Waals surface area contributed by atoms with Crippen LogP contribution in [0, 0.1) is 0 Å². The summed E-state index contributed by atoms with van der Waals surface area (Å²) in [6.07, 6.45) is -8.24. The number of nitrogens with two attached hydrogens (primary N) is 2. The Labute approximate surface area is 362 Å². The van der Waals surface area contributed by atoms with E-state index in [-0.39, 0.29) is 30.5 Å². The van der Waals surface area contributed by atoms with Gasteiger partial charge in [-0.25, -0.2) is 9.98 Å². The van der Waals surface area contributed by atoms with Crippen molar-refractivity contribution < 1.29 is 61.0 Å². The van der Waals surface area contributed by atoms with Crippen molar-refractivity contribution in [3.8, 4) is 0 Å². The van der Waals surface area contributed by atoms with Gasteiger partial charge in [0.05, 0.1) is 43.1 Å². The zero-order valence-corrected chi connectivity index (χ0v) is 35.5. The van der Waals surface area contributed by atoms with Crippen molar-refractivity contribution in [3.63, 3.8) is 0 Å². The Hall–Kier alpha value is -4.54. The van der Waals surface area contributed by atoms with Gasteiger partial charge in [-0.15, -0.1) is 0 Å². The highest BCUT2D eigenvalue weighted by molar-refractivity contribution is 5.93. The second-order valence-corrected chi connectivity index (χ2v) is 15.7. The fourth-order valence-electron chi connectivity index (χ4n) is 7.00. The number of hydrogen-bond acceptors (Lipinski definition) is 10. The number of halogens is 6. The van der Waals surface area contributed by atoms with Gasteiger partial charge in [0.2, 0.25) is 0 Å². The zero-order chi connectivity index (χ0) is 46.5. The van der Waals surface area contributed by atoms with E-state index < -0.39 is 97.6 Å². The maximum absolute atomic E-state index is 13.5. The number of ether oxygens (including phenoxy) is 3. The van der Waals surface area contributed by atoms with E-state index in [0.717, 1.165) is 61.6 Å². The lowest BCUT2D eigenvalue weighted by Gasteiger charge is -2.46. The standard InChI is InChI=1S/C43H59F6N7O7/c1-24(2)9-5-10-25(3)11-6-12-26(4)17-18-52-34-32(21-57)61-23-31(55-40(50)53-29-15-7-13-27(19-29)42(44,45)46)38(34)63-39-35(37(60)36(59)33(22-58)62-39)56-41(51)54-30-16-8-14-28(20-30)43(47,48)49/h7-9,11,13-17,19-20,31-39,52,57-60H,5-6,10,12,18,21-23H2,1-4H3,(H3,50,53,55)(H3,51,54,56)/b25-11+,26-17+/t31-,32+,33+,34-,35+,36+,37+,38+,39-/m0/s1. The van der Waals surface area contributed by atoms with Crippen molar-refractivity contribution in [1.29, 1.82) is 0 Å². The summed E-state index contributed by atoms with van der Waals surface area (Å²) in [5, 5.41) is 51.2. The first-order valence-electron chi connectivity index (χ1n) is 20.4. The molecule has 0 saturated carbocycles. The van der Waals surface area contributed by atoms with E-state index in [0.29, 0.717) is 0 Å². The summed E-state index contributed by atoms with van der Waals surface area (Å²) in [6.45, 7) is 6.85. The van der Waals surface area contributed by atoms with Gasteiger partial charge >= 0.3 is 12.4 Å². The largest absolute Gasteiger partial charge is 0.416 e. The number of aliphatic hydroxyl groups is 4. The third-order valence-corrected chi connectivity index (χ3v) is 10.4. The molecule has 0 bridgehead atoms. The SMILES string of the molecule is CC(C)=CCC/C(C)=C/CC/C(C)=C/CN[C@@H]1[C@H](O[C@@H]2O[C@H](CO)[C@@H](O)[C@H](O)[C@H]2N=C(N)Nc2cccc(C(F)(F)F)c2)[C@@H](N=C(N)Nc2cccc(C(F)(F)F)c2)CO[C@@H]1CO. The van der Waals surface area contributed by atoms with Crippen LogP contribution < -0.4 is 27.4 Å². The van der Waals surface area contributed by atoms with Crippen LogP contribution in [0.2, 0.25) is 0 Å². The average Bonchev–Trinajstić information content (AvgIpc) is 3.20. The first-order valence-corrected chi connectivity index (χ1v) is 20.4. The van der Waals surface area contributed by atoms with Crippen LogP contribution in [0.25, 0.3) is 0 Å². The Morgan fingerprint density at radius 2 is 1.32 bits per heavy atom. The van der Waals surface area contributed by atoms with E-state index in [2.05, 4.69) is 58.9 Å². The van der Waals surface area contributed by atoms with Crippen LogP contribution in [0.15, 0.2) is 93.5 Å². The number of aliphatic imine (C=N–C) groups is 2. The molecule has 2 heterocycles. The quantitative estimate of drug-likeness (QED) is 0.0433. The molecule has 14 nitrogen and oxygen atoms in total. The predicted molar refractivity (Wildman–Crippen MR) is 228 cm³/mol. The molecule has 9 atom stereocenters. The minimum atomic E-state index is -4.67. The van der Waals surface area contributed by atoms with Gasteiger partial charge in [-0.2, -0.15) is 26.3 Å². The van der Waals surface area contributed by atoms with E-state index in [1.165, 1.54) is 29.3 Å². The van der Waals surface area contributed by atoms with Gasteiger partial charge < -0.3 is 62.1 Å². The number of aliphatic hydroxyl groups excluding tert-OH is 4. The minimum absolute atomic E-state index is 0.0293. The molecule has 0 aliphatic carbocycles. The highest BCUT2D eigenvalue weighted by Gasteiger charge is 2.49. The van der Waals surface area contributed by atoms with Crippen molar-refractivity contribution in [2.24, 2.45) is 21.5 Å². The Bertz CT molecular complexity index is 1940. The third kappa shape index (κ3) is 15.6. The van der Waals surface area contributed by atoms with Crippen LogP contribution in [0.3, 0.4) is 0 Å². The topological polar surface area (TPSA) is 221 Å². The number of rotatable bonds is 17. The molecule has 63 heavy (non-hydrogen) atoms. The molecule has 4 rings (SSSR count). The maximum Gasteiger partial charge on any atom is 0.416 e. The summed E-state index contributed by atoms with van der Waals surface area (Å²) in [5.41, 5.74) is 13.9. The molecular formula is C43H59F6N7O7. The van der Waals surface area contributed by atoms with E-state index in [1.54, 1.807) is 0 Å². The summed E-state index contributed by atoms with van der Waals surface area (Å²) < 4.78 is 99.1. The molecule has 2 fully saturated rings. The van der Waals surface area contributed by atoms with Gasteiger partial charge in [-0.1, -0.05) is 47.1 Å². The fraction of sp³-hybridized carbons (Fsp3) is 0.535. The summed E-state index contributed by atoms with van der Waals surface area (Å²) >= 11 is 0. The molecule has 2 aliphatic heterocycles. The van der Waals surface area contributed by atoms with Crippen LogP contribution in [0.5, 0.6) is 0 Å². The summed E-state index contributed by atoms with van der Waals surface area (Å²) in [6, 6.07) is 4.76. The molecule has 2 aromatic rings. The van der Waals surface area contributed by atoms with Crippen molar-refractivity contribution >= 4 is 23.3 Å². The average molecular weight is 900 g/mol. The van der Waals surface area contributed by atoms with Gasteiger partial charge in [-0.3, -0.25) is 0 Å². The number of nitrogens with one attached hydrogen (secondary N) is 3. The van der Waals surface area contributed by atoms with Gasteiger partial charge in [0.25, 0.3) is 0 Å². The lowest BCUT2D eigenvalue weighted by atomic mass is 9.94. The van der Waals surface area contributed by atoms with Crippen molar-refractivity contribution in [3.05, 3.63) is 94.6 Å². The number of hydrogen-bond donors (Lipinski definition) is 9. The minimum Gasteiger partial charge on any atom is -0.394 e. The molecule has 20 heteroatoms. The van der Waals surface area contributed by atoms with Crippen LogP contribution in [-0.2, 0) is 26.6 Å². The molecular weight excluding hydrogens is 841 g/mol. The molecule has 2 aliphatic rings. The molecule has 350 valence electrons. The second-order valence-electron chi connectivity index (χ2n) is 15.7. The summed E-state index contributed by atoms with van der Waals surface area (Å²) in [7, 11) is 0. The third-order valence-electron chi connectivity index (χ3n) is 10.4. The molecule has 11 N–H and O–H groups in total. The molecule has 0 spiro atoms. The van der Waals surface area contributed by atoms with E-state index in [1.807, 2.05) is 13.0 Å². The number of benzene rings is 2. The molecule has 0 aromatic heterocycles. The first kappa shape index (κ1) is 51.1. The van der Waals surface area contributed by atoms with Gasteiger partial charge in [0, 0.05) is 17.9 Å². The van der Waals surface area contributed by atoms with Crippen LogP contribution in [0.4, 0.5) is 37.7 Å². The van der Waals surface area contributed by atoms with Crippen molar-refractivity contribution in [2.75, 3.05) is 37.0 Å². The molecule has 0 radical (unpaired) electrons. The molecule has 0 unspecified atom stereocenters. The monoisotopic (exact) mass is 899 g/mol. The number of alkyl halides is 6. The number of allylic oxidation sites excluding steroid dienone is 5. The normalized spacial score (nSPS) is 26.7. The number of guanidine groups is 2. The Balaban J connectivity index is 1.66. The van der Waals surface area contributed by atoms with Gasteiger partial charge in [0.1, 0.15) is 36.5 Å². The molecule has 2 saturated heterocycles. The van der Waals surface area contributed by atoms with E-state index in [4.69, 9.17) is 25.7 Å². The van der Waals surface area contributed by atoms with E-state index in [9.17, 15) is 46.8 Å². The van der Waals surface area contributed by atoms with Crippen LogP contribution >= 0.6 is 0 Å². The fourth-order valence-corrected chi connectivity index (χ4v) is 7.00. The van der Waals surface area contributed by atoms with Crippen LogP contribution in [-0.4, -0.2) is 114 Å². The zero-order valence-electron chi connectivity index (χ0n) is 35.5. The lowest BCUT2D eigenvalue weighted by molar-refractivity contribution is -0.289. The Morgan fingerprint density at radius 1 is 0.778 bits per heavy atom. The number of anilines is 2. The lowest BCUT2D eigenvalue weighted by Crippen LogP contribution is -2.65. The predicted octanol–water partition coefficient (Wildman–Crippen LogP) is 5.21. The van der Waals surface area contributed by atoms with Gasteiger partial charge in [0.15, 0.2) is 18.2 Å². The Morgan fingerprint density at radius 3 is 1.86 bits per heavy atom. The first-order chi connectivity index (χ1) is 29.7. The van der Waals surface area contributed by atoms with Crippen LogP contribution in [0.1, 0.15) is 64.5 Å². The van der Waals surface area contributed by atoms with Crippen molar-refractivity contribution in [1.82, 2.24) is 5.32 Å². The maximum atomic E-state index is 13.5. The smallest absolute Gasteiger partial charge is 0.394 e. The number of nitrogens with zero attached hydrogens (tertiary/aromatic N) is 2. The highest BCUT2D eigenvalue weighted by Crippen LogP contribution is 2.33. The van der Waals surface area contributed by atoms with Gasteiger partial charge in [-0.05, 0) is 89.8 Å². The second kappa shape index (κ2) is 23.4. The summed E-state index contributed by atoms with van der Waals surface area (Å²) in [4.78, 5) is 8.72. The highest BCUT2D eigenvalue weighted by atomic mass is 19.4. The van der Waals surface area contributed by atoms with Crippen molar-refractivity contribution in [2.45, 2.75) is 121 Å². The summed E-state index contributed by atoms with van der Waals surface area (Å²) in [5.74, 6) is -0.835. The molecule has 2 aromatic carbocycles.